The molecule has 1 amide bonds. The number of para-hydroxylation sites is 1. The van der Waals surface area contributed by atoms with E-state index in [4.69, 9.17) is 0 Å². The zero-order chi connectivity index (χ0) is 8.97. The van der Waals surface area contributed by atoms with Crippen LogP contribution in [0.4, 0.5) is 5.69 Å². The molecule has 0 heterocycles. The molecular formula is C9H8HgNO+. The first-order valence-corrected chi connectivity index (χ1v) is 6.33. The predicted octanol–water partition coefficient (Wildman–Crippen LogP) is 0.983. The average Bonchev–Trinajstić information content (AvgIpc) is 2.09. The van der Waals surface area contributed by atoms with Crippen LogP contribution in [0.15, 0.2) is 36.9 Å². The summed E-state index contributed by atoms with van der Waals surface area (Å²) < 4.78 is 1.24. The van der Waals surface area contributed by atoms with E-state index >= 15 is 0 Å². The van der Waals surface area contributed by atoms with E-state index in [1.165, 1.54) is 9.15 Å². The molecule has 0 bridgehead atoms. The van der Waals surface area contributed by atoms with Gasteiger partial charge in [0.2, 0.25) is 0 Å². The van der Waals surface area contributed by atoms with Gasteiger partial charge in [0, 0.05) is 0 Å². The molecular weight excluding hydrogens is 339 g/mol. The second-order valence-corrected chi connectivity index (χ2v) is 5.31. The molecule has 0 unspecified atom stereocenters. The number of benzene rings is 1. The molecule has 0 aromatic heterocycles. The van der Waals surface area contributed by atoms with Gasteiger partial charge in [0.15, 0.2) is 0 Å². The van der Waals surface area contributed by atoms with Crippen LogP contribution in [-0.2, 0) is 30.9 Å². The Balaban J connectivity index is 2.82. The Hall–Kier alpha value is -0.635. The van der Waals surface area contributed by atoms with E-state index in [0.29, 0.717) is 26.1 Å². The van der Waals surface area contributed by atoms with Crippen molar-refractivity contribution in [1.82, 2.24) is 0 Å². The van der Waals surface area contributed by atoms with Crippen molar-refractivity contribution < 1.29 is 30.9 Å². The molecule has 0 saturated heterocycles. The number of anilines is 1. The zero-order valence-electron chi connectivity index (χ0n) is 6.71. The van der Waals surface area contributed by atoms with Crippen LogP contribution < -0.4 is 8.39 Å². The monoisotopic (exact) mass is 348 g/mol. The molecule has 0 aliphatic heterocycles. The third-order valence-electron chi connectivity index (χ3n) is 1.46. The van der Waals surface area contributed by atoms with Crippen molar-refractivity contribution in [1.29, 1.82) is 0 Å². The summed E-state index contributed by atoms with van der Waals surface area (Å²) >= 11 is 0.531. The van der Waals surface area contributed by atoms with Gasteiger partial charge in [0.25, 0.3) is 0 Å². The Morgan fingerprint density at radius 1 is 1.50 bits per heavy atom. The van der Waals surface area contributed by atoms with E-state index in [0.717, 1.165) is 5.69 Å². The Bertz CT molecular complexity index is 309. The minimum atomic E-state index is -0.145. The van der Waals surface area contributed by atoms with Crippen LogP contribution in [0.25, 0.3) is 0 Å². The molecule has 0 fully saturated rings. The molecule has 0 aliphatic rings. The normalized spacial score (nSPS) is 9.17. The van der Waals surface area contributed by atoms with Gasteiger partial charge in [0.05, 0.1) is 0 Å². The van der Waals surface area contributed by atoms with Gasteiger partial charge in [-0.3, -0.25) is 0 Å². The number of hydrogen-bond donors (Lipinski definition) is 1. The van der Waals surface area contributed by atoms with E-state index in [9.17, 15) is 4.79 Å². The molecule has 0 radical (unpaired) electrons. The quantitative estimate of drug-likeness (QED) is 0.628. The summed E-state index contributed by atoms with van der Waals surface area (Å²) in [4.78, 5) is 10.9. The second kappa shape index (κ2) is 4.41. The minimum absolute atomic E-state index is 0.145. The van der Waals surface area contributed by atoms with Crippen molar-refractivity contribution in [3.63, 3.8) is 0 Å². The number of carbonyl (C=O) groups is 1. The molecule has 0 atom stereocenters. The first-order chi connectivity index (χ1) is 5.74. The maximum absolute atomic E-state index is 10.9. The summed E-state index contributed by atoms with van der Waals surface area (Å²) in [6, 6.07) is 7.83. The molecule has 3 heteroatoms. The van der Waals surface area contributed by atoms with Crippen molar-refractivity contribution in [3.8, 4) is 0 Å². The first-order valence-electron chi connectivity index (χ1n) is 3.58. The van der Waals surface area contributed by atoms with Crippen LogP contribution in [0.2, 0.25) is 0 Å². The fraction of sp³-hybridized carbons (Fsp3) is 0. The molecule has 2 nitrogen and oxygen atoms in total. The third kappa shape index (κ3) is 2.45. The van der Waals surface area contributed by atoms with Crippen molar-refractivity contribution in [2.75, 3.05) is 5.32 Å². The van der Waals surface area contributed by atoms with E-state index in [1.54, 1.807) is 0 Å². The van der Waals surface area contributed by atoms with Gasteiger partial charge >= 0.3 is 87.8 Å². The fourth-order valence-electron chi connectivity index (χ4n) is 0.826. The predicted molar refractivity (Wildman–Crippen MR) is 44.9 cm³/mol. The van der Waals surface area contributed by atoms with Gasteiger partial charge in [-0.2, -0.15) is 0 Å². The number of amides is 1. The number of carbonyl (C=O) groups excluding carboxylic acids is 1. The fourth-order valence-corrected chi connectivity index (χ4v) is 2.16. The van der Waals surface area contributed by atoms with Gasteiger partial charge in [-0.05, 0) is 0 Å². The third-order valence-corrected chi connectivity index (χ3v) is 3.86. The van der Waals surface area contributed by atoms with Crippen molar-refractivity contribution in [2.45, 2.75) is 0 Å². The summed E-state index contributed by atoms with van der Waals surface area (Å²) in [5.41, 5.74) is 0.922. The molecule has 1 rings (SSSR count). The van der Waals surface area contributed by atoms with Crippen molar-refractivity contribution in [3.05, 3.63) is 36.9 Å². The summed E-state index contributed by atoms with van der Waals surface area (Å²) in [7, 11) is 0. The van der Waals surface area contributed by atoms with Gasteiger partial charge in [-0.25, -0.2) is 0 Å². The molecule has 1 N–H and O–H groups in total. The summed E-state index contributed by atoms with van der Waals surface area (Å²) in [6.07, 6.45) is 1.28. The molecule has 1 aromatic carbocycles. The summed E-state index contributed by atoms with van der Waals surface area (Å²) in [5.74, 6) is -0.145. The average molecular weight is 347 g/mol. The van der Waals surface area contributed by atoms with Crippen LogP contribution in [-0.4, -0.2) is 5.91 Å². The van der Waals surface area contributed by atoms with E-state index < -0.39 is 0 Å². The van der Waals surface area contributed by atoms with Gasteiger partial charge in [0.1, 0.15) is 0 Å². The van der Waals surface area contributed by atoms with Crippen molar-refractivity contribution >= 4 is 14.7 Å². The van der Waals surface area contributed by atoms with Crippen molar-refractivity contribution in [2.24, 2.45) is 0 Å². The van der Waals surface area contributed by atoms with Crippen LogP contribution in [0, 0.1) is 0 Å². The SMILES string of the molecule is C=CC(=O)Nc1cccc[c]1[Hg+]. The molecule has 0 aliphatic carbocycles. The standard InChI is InChI=1S/C9H8NO.Hg/c1-2-9(11)10-8-6-4-3-5-7-8;/h2-6H,1H2,(H,10,11);/q;+1. The van der Waals surface area contributed by atoms with E-state index in [1.807, 2.05) is 24.3 Å². The maximum atomic E-state index is 10.9. The summed E-state index contributed by atoms with van der Waals surface area (Å²) in [5, 5.41) is 2.75. The Kier molecular flexibility index (Phi) is 3.47. The van der Waals surface area contributed by atoms with Crippen LogP contribution in [0.3, 0.4) is 0 Å². The Labute approximate surface area is 87.6 Å². The molecule has 0 spiro atoms. The topological polar surface area (TPSA) is 29.1 Å². The van der Waals surface area contributed by atoms with Gasteiger partial charge in [-0.15, -0.1) is 0 Å². The second-order valence-electron chi connectivity index (χ2n) is 2.35. The van der Waals surface area contributed by atoms with Crippen LogP contribution >= 0.6 is 0 Å². The number of nitrogens with one attached hydrogen (secondary N) is 1. The molecule has 0 saturated carbocycles. The van der Waals surface area contributed by atoms with E-state index in [-0.39, 0.29) is 5.91 Å². The number of rotatable bonds is 2. The molecule has 12 heavy (non-hydrogen) atoms. The zero-order valence-corrected chi connectivity index (χ0v) is 12.2. The molecule has 56 valence electrons. The Morgan fingerprint density at radius 3 is 2.75 bits per heavy atom. The van der Waals surface area contributed by atoms with Gasteiger partial charge < -0.3 is 0 Å². The molecule has 1 aromatic rings. The van der Waals surface area contributed by atoms with Crippen LogP contribution in [0.5, 0.6) is 0 Å². The van der Waals surface area contributed by atoms with E-state index in [2.05, 4.69) is 11.9 Å². The first kappa shape index (κ1) is 9.45. The summed E-state index contributed by atoms with van der Waals surface area (Å²) in [6.45, 7) is 3.39. The van der Waals surface area contributed by atoms with Gasteiger partial charge in [-0.1, -0.05) is 0 Å². The van der Waals surface area contributed by atoms with Crippen LogP contribution in [0.1, 0.15) is 0 Å². The Morgan fingerprint density at radius 2 is 2.17 bits per heavy atom. The number of hydrogen-bond acceptors (Lipinski definition) is 1.